The van der Waals surface area contributed by atoms with E-state index >= 15 is 0 Å². The third kappa shape index (κ3) is 2.77. The Labute approximate surface area is 103 Å². The van der Waals surface area contributed by atoms with Crippen molar-refractivity contribution in [1.82, 2.24) is 5.32 Å². The second kappa shape index (κ2) is 5.19. The third-order valence-electron chi connectivity index (χ3n) is 3.15. The zero-order chi connectivity index (χ0) is 12.3. The lowest BCUT2D eigenvalue weighted by Crippen LogP contribution is -2.19. The summed E-state index contributed by atoms with van der Waals surface area (Å²) in [7, 11) is 1.99. The maximum Gasteiger partial charge on any atom is 0.105 e. The molecule has 90 valence electrons. The van der Waals surface area contributed by atoms with Gasteiger partial charge in [0.2, 0.25) is 0 Å². The van der Waals surface area contributed by atoms with Gasteiger partial charge < -0.3 is 9.73 Å². The van der Waals surface area contributed by atoms with E-state index in [0.717, 1.165) is 12.2 Å². The van der Waals surface area contributed by atoms with E-state index in [1.165, 1.54) is 16.7 Å². The molecule has 2 heteroatoms. The Morgan fingerprint density at radius 3 is 2.65 bits per heavy atom. The molecule has 2 nitrogen and oxygen atoms in total. The molecule has 1 unspecified atom stereocenters. The molecule has 1 heterocycles. The minimum absolute atomic E-state index is 0.315. The van der Waals surface area contributed by atoms with Crippen molar-refractivity contribution >= 4 is 0 Å². The molecule has 1 aromatic carbocycles. The Morgan fingerprint density at radius 2 is 2.06 bits per heavy atom. The van der Waals surface area contributed by atoms with Crippen LogP contribution in [0.15, 0.2) is 41.0 Å². The lowest BCUT2D eigenvalue weighted by molar-refractivity contribution is 0.512. The first-order valence-corrected chi connectivity index (χ1v) is 5.97. The first-order chi connectivity index (χ1) is 8.20. The zero-order valence-corrected chi connectivity index (χ0v) is 10.7. The topological polar surface area (TPSA) is 25.2 Å². The largest absolute Gasteiger partial charge is 0.469 e. The van der Waals surface area contributed by atoms with E-state index in [0.29, 0.717) is 6.04 Å². The van der Waals surface area contributed by atoms with Crippen LogP contribution in [0.3, 0.4) is 0 Å². The summed E-state index contributed by atoms with van der Waals surface area (Å²) < 4.78 is 5.37. The molecule has 0 spiro atoms. The summed E-state index contributed by atoms with van der Waals surface area (Å²) in [4.78, 5) is 0. The average Bonchev–Trinajstić information content (AvgIpc) is 2.72. The number of hydrogen-bond donors (Lipinski definition) is 1. The van der Waals surface area contributed by atoms with Crippen LogP contribution in [0, 0.1) is 13.8 Å². The number of likely N-dealkylation sites (N-methyl/N-ethyl adjacent to an activating group) is 1. The van der Waals surface area contributed by atoms with Gasteiger partial charge in [0.25, 0.3) is 0 Å². The molecule has 0 saturated heterocycles. The van der Waals surface area contributed by atoms with E-state index in [4.69, 9.17) is 4.42 Å². The molecule has 0 saturated carbocycles. The highest BCUT2D eigenvalue weighted by Gasteiger charge is 2.14. The molecule has 0 bridgehead atoms. The smallest absolute Gasteiger partial charge is 0.105 e. The SMILES string of the molecule is CNC(Cc1cccc(C)c1)c1ccoc1C. The normalized spacial score (nSPS) is 12.6. The Kier molecular flexibility index (Phi) is 3.64. The van der Waals surface area contributed by atoms with Gasteiger partial charge in [-0.15, -0.1) is 0 Å². The van der Waals surface area contributed by atoms with Crippen molar-refractivity contribution in [3.8, 4) is 0 Å². The third-order valence-corrected chi connectivity index (χ3v) is 3.15. The lowest BCUT2D eigenvalue weighted by atomic mass is 9.98. The maximum absolute atomic E-state index is 5.37. The van der Waals surface area contributed by atoms with Crippen LogP contribution in [-0.2, 0) is 6.42 Å². The molecule has 0 aliphatic rings. The number of nitrogens with one attached hydrogen (secondary N) is 1. The van der Waals surface area contributed by atoms with E-state index in [1.54, 1.807) is 6.26 Å². The Balaban J connectivity index is 2.19. The highest BCUT2D eigenvalue weighted by Crippen LogP contribution is 2.22. The van der Waals surface area contributed by atoms with Gasteiger partial charge in [-0.2, -0.15) is 0 Å². The molecule has 0 amide bonds. The summed E-state index contributed by atoms with van der Waals surface area (Å²) in [5.74, 6) is 0.997. The van der Waals surface area contributed by atoms with Gasteiger partial charge >= 0.3 is 0 Å². The monoisotopic (exact) mass is 229 g/mol. The number of furan rings is 1. The highest BCUT2D eigenvalue weighted by molar-refractivity contribution is 5.27. The van der Waals surface area contributed by atoms with Crippen molar-refractivity contribution in [2.75, 3.05) is 7.05 Å². The molecule has 0 fully saturated rings. The fraction of sp³-hybridized carbons (Fsp3) is 0.333. The van der Waals surface area contributed by atoms with Crippen LogP contribution < -0.4 is 5.32 Å². The van der Waals surface area contributed by atoms with Crippen LogP contribution in [0.25, 0.3) is 0 Å². The first-order valence-electron chi connectivity index (χ1n) is 5.97. The summed E-state index contributed by atoms with van der Waals surface area (Å²) in [6, 6.07) is 11.0. The second-order valence-corrected chi connectivity index (χ2v) is 4.47. The Bertz CT molecular complexity index is 487. The van der Waals surface area contributed by atoms with Crippen LogP contribution in [0.2, 0.25) is 0 Å². The van der Waals surface area contributed by atoms with Crippen LogP contribution in [0.1, 0.15) is 28.5 Å². The summed E-state index contributed by atoms with van der Waals surface area (Å²) in [5.41, 5.74) is 3.90. The highest BCUT2D eigenvalue weighted by atomic mass is 16.3. The Hall–Kier alpha value is -1.54. The Morgan fingerprint density at radius 1 is 1.24 bits per heavy atom. The van der Waals surface area contributed by atoms with Crippen molar-refractivity contribution in [2.45, 2.75) is 26.3 Å². The summed E-state index contributed by atoms with van der Waals surface area (Å²) in [6.45, 7) is 4.14. The number of hydrogen-bond acceptors (Lipinski definition) is 2. The molecule has 2 rings (SSSR count). The number of aryl methyl sites for hydroxylation is 2. The van der Waals surface area contributed by atoms with Gasteiger partial charge in [0.15, 0.2) is 0 Å². The fourth-order valence-corrected chi connectivity index (χ4v) is 2.20. The molecule has 2 aromatic rings. The molecule has 1 aromatic heterocycles. The minimum Gasteiger partial charge on any atom is -0.469 e. The predicted octanol–water partition coefficient (Wildman–Crippen LogP) is 3.40. The van der Waals surface area contributed by atoms with Crippen LogP contribution in [-0.4, -0.2) is 7.05 Å². The van der Waals surface area contributed by atoms with E-state index in [1.807, 2.05) is 20.0 Å². The van der Waals surface area contributed by atoms with Crippen molar-refractivity contribution in [2.24, 2.45) is 0 Å². The molecular formula is C15H19NO. The van der Waals surface area contributed by atoms with Crippen molar-refractivity contribution in [1.29, 1.82) is 0 Å². The van der Waals surface area contributed by atoms with Gasteiger partial charge in [-0.25, -0.2) is 0 Å². The standard InChI is InChI=1S/C15H19NO/c1-11-5-4-6-13(9-11)10-15(16-3)14-7-8-17-12(14)2/h4-9,15-16H,10H2,1-3H3. The van der Waals surface area contributed by atoms with Crippen LogP contribution >= 0.6 is 0 Å². The quantitative estimate of drug-likeness (QED) is 0.869. The van der Waals surface area contributed by atoms with Crippen LogP contribution in [0.4, 0.5) is 0 Å². The maximum atomic E-state index is 5.37. The van der Waals surface area contributed by atoms with Crippen molar-refractivity contribution in [3.63, 3.8) is 0 Å². The predicted molar refractivity (Wildman–Crippen MR) is 70.1 cm³/mol. The molecule has 0 aliphatic heterocycles. The van der Waals surface area contributed by atoms with Gasteiger partial charge in [0, 0.05) is 11.6 Å². The molecule has 1 N–H and O–H groups in total. The number of benzene rings is 1. The molecule has 0 radical (unpaired) electrons. The second-order valence-electron chi connectivity index (χ2n) is 4.47. The van der Waals surface area contributed by atoms with Crippen molar-refractivity contribution < 1.29 is 4.42 Å². The van der Waals surface area contributed by atoms with Gasteiger partial charge in [-0.3, -0.25) is 0 Å². The lowest BCUT2D eigenvalue weighted by Gasteiger charge is -2.16. The average molecular weight is 229 g/mol. The summed E-state index contributed by atoms with van der Waals surface area (Å²) >= 11 is 0. The van der Waals surface area contributed by atoms with E-state index in [9.17, 15) is 0 Å². The van der Waals surface area contributed by atoms with Gasteiger partial charge in [-0.1, -0.05) is 29.8 Å². The summed E-state index contributed by atoms with van der Waals surface area (Å²) in [5, 5.41) is 3.35. The first kappa shape index (κ1) is 11.9. The van der Waals surface area contributed by atoms with E-state index < -0.39 is 0 Å². The van der Waals surface area contributed by atoms with E-state index in [2.05, 4.69) is 36.5 Å². The van der Waals surface area contributed by atoms with Gasteiger partial charge in [-0.05, 0) is 38.9 Å². The molecule has 0 aliphatic carbocycles. The number of rotatable bonds is 4. The van der Waals surface area contributed by atoms with Gasteiger partial charge in [0.05, 0.1) is 6.26 Å². The molecule has 17 heavy (non-hydrogen) atoms. The summed E-state index contributed by atoms with van der Waals surface area (Å²) in [6.07, 6.45) is 2.74. The van der Waals surface area contributed by atoms with Crippen LogP contribution in [0.5, 0.6) is 0 Å². The zero-order valence-electron chi connectivity index (χ0n) is 10.7. The molecular weight excluding hydrogens is 210 g/mol. The van der Waals surface area contributed by atoms with Gasteiger partial charge in [0.1, 0.15) is 5.76 Å². The minimum atomic E-state index is 0.315. The molecule has 1 atom stereocenters. The van der Waals surface area contributed by atoms with E-state index in [-0.39, 0.29) is 0 Å². The van der Waals surface area contributed by atoms with Crippen molar-refractivity contribution in [3.05, 3.63) is 59.0 Å². The fourth-order valence-electron chi connectivity index (χ4n) is 2.20.